The number of hydrogen-bond donors (Lipinski definition) is 1. The molecule has 2 heterocycles. The predicted molar refractivity (Wildman–Crippen MR) is 69.6 cm³/mol. The van der Waals surface area contributed by atoms with E-state index in [1.807, 2.05) is 12.1 Å². The van der Waals surface area contributed by atoms with E-state index in [0.717, 1.165) is 15.3 Å². The molecule has 0 spiro atoms. The third-order valence-electron chi connectivity index (χ3n) is 1.81. The smallest absolute Gasteiger partial charge is 0.203 e. The maximum Gasteiger partial charge on any atom is 0.203 e. The van der Waals surface area contributed by atoms with E-state index in [9.17, 15) is 0 Å². The summed E-state index contributed by atoms with van der Waals surface area (Å²) in [5.74, 6) is 0.653. The van der Waals surface area contributed by atoms with E-state index in [0.29, 0.717) is 11.9 Å². The zero-order valence-electron chi connectivity index (χ0n) is 8.94. The van der Waals surface area contributed by atoms with Gasteiger partial charge in [-0.2, -0.15) is 9.36 Å². The van der Waals surface area contributed by atoms with Gasteiger partial charge in [-0.25, -0.2) is 0 Å². The summed E-state index contributed by atoms with van der Waals surface area (Å²) < 4.78 is 5.18. The van der Waals surface area contributed by atoms with Crippen molar-refractivity contribution in [2.24, 2.45) is 0 Å². The van der Waals surface area contributed by atoms with Gasteiger partial charge in [-0.05, 0) is 41.9 Å². The van der Waals surface area contributed by atoms with Gasteiger partial charge in [0.1, 0.15) is 5.69 Å². The van der Waals surface area contributed by atoms with Crippen LogP contribution in [0.2, 0.25) is 0 Å². The first-order valence-corrected chi connectivity index (χ1v) is 6.44. The van der Waals surface area contributed by atoms with Crippen LogP contribution in [0.25, 0.3) is 11.5 Å². The molecule has 0 saturated heterocycles. The Kier molecular flexibility index (Phi) is 3.50. The van der Waals surface area contributed by atoms with Gasteiger partial charge in [-0.3, -0.25) is 4.98 Å². The number of anilines is 1. The Balaban J connectivity index is 2.28. The lowest BCUT2D eigenvalue weighted by atomic mass is 10.3. The number of halogens is 1. The zero-order valence-corrected chi connectivity index (χ0v) is 11.3. The molecule has 6 heteroatoms. The topological polar surface area (TPSA) is 50.7 Å². The van der Waals surface area contributed by atoms with Crippen LogP contribution in [0.15, 0.2) is 22.8 Å². The van der Waals surface area contributed by atoms with E-state index in [-0.39, 0.29) is 0 Å². The minimum absolute atomic E-state index is 0.355. The number of pyridine rings is 1. The van der Waals surface area contributed by atoms with Crippen LogP contribution < -0.4 is 5.32 Å². The number of nitrogens with zero attached hydrogens (tertiary/aromatic N) is 3. The molecule has 84 valence electrons. The Morgan fingerprint density at radius 3 is 2.94 bits per heavy atom. The maximum atomic E-state index is 4.39. The van der Waals surface area contributed by atoms with Gasteiger partial charge in [0.05, 0.1) is 0 Å². The van der Waals surface area contributed by atoms with E-state index in [4.69, 9.17) is 0 Å². The maximum absolute atomic E-state index is 4.39. The third-order valence-corrected chi connectivity index (χ3v) is 3.09. The van der Waals surface area contributed by atoms with E-state index in [2.05, 4.69) is 49.4 Å². The molecule has 16 heavy (non-hydrogen) atoms. The minimum Gasteiger partial charge on any atom is -0.358 e. The van der Waals surface area contributed by atoms with Crippen molar-refractivity contribution in [3.8, 4) is 11.5 Å². The first kappa shape index (κ1) is 11.5. The van der Waals surface area contributed by atoms with Gasteiger partial charge in [0, 0.05) is 28.2 Å². The number of nitrogens with one attached hydrogen (secondary N) is 1. The SMILES string of the molecule is CC(C)Nc1nc(-c2ncccc2Br)ns1. The average Bonchev–Trinajstić information content (AvgIpc) is 2.66. The van der Waals surface area contributed by atoms with Crippen LogP contribution in [0.1, 0.15) is 13.8 Å². The summed E-state index contributed by atoms with van der Waals surface area (Å²) in [6.07, 6.45) is 1.73. The molecule has 0 aromatic carbocycles. The molecular weight excluding hydrogens is 288 g/mol. The molecule has 1 N–H and O–H groups in total. The second kappa shape index (κ2) is 4.88. The molecule has 0 fully saturated rings. The molecule has 0 atom stereocenters. The van der Waals surface area contributed by atoms with Crippen molar-refractivity contribution >= 4 is 32.6 Å². The van der Waals surface area contributed by atoms with Crippen molar-refractivity contribution in [3.05, 3.63) is 22.8 Å². The molecule has 0 aliphatic rings. The minimum atomic E-state index is 0.355. The summed E-state index contributed by atoms with van der Waals surface area (Å²) in [4.78, 5) is 8.63. The standard InChI is InChI=1S/C10H11BrN4S/c1-6(2)13-10-14-9(15-16-10)8-7(11)4-3-5-12-8/h3-6H,1-2H3,(H,13,14,15). The molecule has 0 unspecified atom stereocenters. The molecule has 0 amide bonds. The summed E-state index contributed by atoms with van der Waals surface area (Å²) in [7, 11) is 0. The predicted octanol–water partition coefficient (Wildman–Crippen LogP) is 3.18. The lowest BCUT2D eigenvalue weighted by Gasteiger charge is -2.03. The Morgan fingerprint density at radius 1 is 1.44 bits per heavy atom. The fraction of sp³-hybridized carbons (Fsp3) is 0.300. The fourth-order valence-corrected chi connectivity index (χ4v) is 2.32. The summed E-state index contributed by atoms with van der Waals surface area (Å²) >= 11 is 4.78. The zero-order chi connectivity index (χ0) is 11.5. The van der Waals surface area contributed by atoms with Gasteiger partial charge < -0.3 is 5.32 Å². The van der Waals surface area contributed by atoms with Crippen molar-refractivity contribution in [1.29, 1.82) is 0 Å². The highest BCUT2D eigenvalue weighted by molar-refractivity contribution is 9.10. The molecular formula is C10H11BrN4S. The Bertz CT molecular complexity index is 483. The van der Waals surface area contributed by atoms with Gasteiger partial charge in [0.15, 0.2) is 5.82 Å². The first-order chi connectivity index (χ1) is 7.66. The Labute approximate surface area is 106 Å². The third kappa shape index (κ3) is 2.56. The lowest BCUT2D eigenvalue weighted by molar-refractivity contribution is 0.896. The highest BCUT2D eigenvalue weighted by Crippen LogP contribution is 2.25. The van der Waals surface area contributed by atoms with E-state index < -0.39 is 0 Å². The summed E-state index contributed by atoms with van der Waals surface area (Å²) in [5, 5.41) is 4.04. The first-order valence-electron chi connectivity index (χ1n) is 4.88. The van der Waals surface area contributed by atoms with Gasteiger partial charge in [0.2, 0.25) is 5.13 Å². The average molecular weight is 299 g/mol. The molecule has 2 aromatic rings. The van der Waals surface area contributed by atoms with Crippen LogP contribution in [0, 0.1) is 0 Å². The number of rotatable bonds is 3. The number of aromatic nitrogens is 3. The molecule has 0 radical (unpaired) electrons. The van der Waals surface area contributed by atoms with Crippen molar-refractivity contribution in [2.75, 3.05) is 5.32 Å². The Morgan fingerprint density at radius 2 is 2.25 bits per heavy atom. The second-order valence-corrected chi connectivity index (χ2v) is 5.16. The van der Waals surface area contributed by atoms with Crippen molar-refractivity contribution in [1.82, 2.24) is 14.3 Å². The van der Waals surface area contributed by atoms with E-state index in [1.165, 1.54) is 11.5 Å². The molecule has 2 rings (SSSR count). The fourth-order valence-electron chi connectivity index (χ4n) is 1.18. The van der Waals surface area contributed by atoms with E-state index >= 15 is 0 Å². The van der Waals surface area contributed by atoms with Gasteiger partial charge in [0.25, 0.3) is 0 Å². The van der Waals surface area contributed by atoms with Crippen molar-refractivity contribution in [2.45, 2.75) is 19.9 Å². The van der Waals surface area contributed by atoms with Crippen LogP contribution in [-0.2, 0) is 0 Å². The van der Waals surface area contributed by atoms with Crippen molar-refractivity contribution in [3.63, 3.8) is 0 Å². The molecule has 2 aromatic heterocycles. The summed E-state index contributed by atoms with van der Waals surface area (Å²) in [6, 6.07) is 4.15. The quantitative estimate of drug-likeness (QED) is 0.945. The highest BCUT2D eigenvalue weighted by Gasteiger charge is 2.10. The molecule has 0 bridgehead atoms. The second-order valence-electron chi connectivity index (χ2n) is 3.56. The largest absolute Gasteiger partial charge is 0.358 e. The molecule has 0 saturated carbocycles. The van der Waals surface area contributed by atoms with Crippen molar-refractivity contribution < 1.29 is 0 Å². The summed E-state index contributed by atoms with van der Waals surface area (Å²) in [6.45, 7) is 4.13. The highest BCUT2D eigenvalue weighted by atomic mass is 79.9. The van der Waals surface area contributed by atoms with Crippen LogP contribution >= 0.6 is 27.5 Å². The molecule has 0 aliphatic heterocycles. The van der Waals surface area contributed by atoms with E-state index in [1.54, 1.807) is 6.20 Å². The van der Waals surface area contributed by atoms with Crippen LogP contribution in [0.5, 0.6) is 0 Å². The van der Waals surface area contributed by atoms with Gasteiger partial charge in [-0.15, -0.1) is 0 Å². The molecule has 4 nitrogen and oxygen atoms in total. The monoisotopic (exact) mass is 298 g/mol. The summed E-state index contributed by atoms with van der Waals surface area (Å²) in [5.41, 5.74) is 0.774. The normalized spacial score (nSPS) is 10.8. The Hall–Kier alpha value is -1.01. The molecule has 0 aliphatic carbocycles. The van der Waals surface area contributed by atoms with Crippen LogP contribution in [0.3, 0.4) is 0 Å². The van der Waals surface area contributed by atoms with Gasteiger partial charge >= 0.3 is 0 Å². The van der Waals surface area contributed by atoms with Crippen LogP contribution in [-0.4, -0.2) is 20.4 Å². The van der Waals surface area contributed by atoms with Gasteiger partial charge in [-0.1, -0.05) is 0 Å². The lowest BCUT2D eigenvalue weighted by Crippen LogP contribution is -2.09. The number of hydrogen-bond acceptors (Lipinski definition) is 5. The van der Waals surface area contributed by atoms with Crippen LogP contribution in [0.4, 0.5) is 5.13 Å².